The van der Waals surface area contributed by atoms with Crippen LogP contribution in [0, 0.1) is 75.6 Å². The zero-order chi connectivity index (χ0) is 36.5. The van der Waals surface area contributed by atoms with Crippen LogP contribution in [0.1, 0.15) is 34.3 Å². The van der Waals surface area contributed by atoms with Crippen molar-refractivity contribution < 1.29 is 13.2 Å². The maximum atomic E-state index is 14.1. The van der Waals surface area contributed by atoms with Crippen LogP contribution in [0.3, 0.4) is 0 Å². The van der Waals surface area contributed by atoms with E-state index in [2.05, 4.69) is 0 Å². The van der Waals surface area contributed by atoms with Crippen molar-refractivity contribution in [3.8, 4) is 69.3 Å². The van der Waals surface area contributed by atoms with Crippen molar-refractivity contribution in [3.63, 3.8) is 0 Å². The van der Waals surface area contributed by atoms with E-state index < -0.39 is 34.9 Å². The number of hydrogen-bond acceptors (Lipinski definition) is 8. The lowest BCUT2D eigenvalue weighted by Gasteiger charge is -2.30. The Morgan fingerprint density at radius 2 is 0.827 bits per heavy atom. The number of rotatable bonds is 5. The number of aromatic nitrogens is 4. The van der Waals surface area contributed by atoms with Gasteiger partial charge in [-0.1, -0.05) is 29.8 Å². The topological polar surface area (TPSA) is 147 Å². The second-order valence-corrected chi connectivity index (χ2v) is 11.9. The first-order chi connectivity index (χ1) is 25.2. The first kappa shape index (κ1) is 33.0. The Morgan fingerprint density at radius 3 is 1.15 bits per heavy atom. The highest BCUT2D eigenvalue weighted by Gasteiger charge is 2.42. The van der Waals surface area contributed by atoms with E-state index in [4.69, 9.17) is 19.9 Å². The molecule has 1 unspecified atom stereocenters. The van der Waals surface area contributed by atoms with Crippen LogP contribution < -0.4 is 0 Å². The predicted octanol–water partition coefficient (Wildman–Crippen LogP) is 8.62. The molecule has 8 nitrogen and oxygen atoms in total. The number of hydrogen-bond donors (Lipinski definition) is 0. The van der Waals surface area contributed by atoms with E-state index in [1.807, 2.05) is 55.5 Å². The number of aryl methyl sites for hydroxylation is 1. The van der Waals surface area contributed by atoms with Crippen LogP contribution in [0.5, 0.6) is 0 Å². The van der Waals surface area contributed by atoms with Gasteiger partial charge in [-0.3, -0.25) is 0 Å². The second-order valence-electron chi connectivity index (χ2n) is 11.9. The minimum Gasteiger partial charge on any atom is -0.247 e. The Balaban J connectivity index is 1.64. The number of nitrogens with zero attached hydrogens (tertiary/aromatic N) is 8. The number of fused-ring (bicyclic) bond motifs is 2. The summed E-state index contributed by atoms with van der Waals surface area (Å²) in [5.74, 6) is -4.11. The van der Waals surface area contributed by atoms with Crippen molar-refractivity contribution in [1.82, 2.24) is 19.9 Å². The molecule has 0 spiro atoms. The molecule has 11 heteroatoms. The fraction of sp³-hybridized carbons (Fsp3) is 0.0732. The molecular weight excluding hydrogens is 662 g/mol. The summed E-state index contributed by atoms with van der Waals surface area (Å²) in [6.45, 7) is 1.92. The molecule has 0 amide bonds. The van der Waals surface area contributed by atoms with Crippen LogP contribution in [0.15, 0.2) is 103 Å². The van der Waals surface area contributed by atoms with Gasteiger partial charge in [-0.05, 0) is 79.7 Å². The van der Waals surface area contributed by atoms with Gasteiger partial charge in [0.15, 0.2) is 0 Å². The molecule has 0 fully saturated rings. The summed E-state index contributed by atoms with van der Waals surface area (Å²) in [5, 5.41) is 41.3. The molecule has 0 saturated carbocycles. The fourth-order valence-corrected chi connectivity index (χ4v) is 6.15. The zero-order valence-corrected chi connectivity index (χ0v) is 27.1. The van der Waals surface area contributed by atoms with Crippen LogP contribution >= 0.6 is 0 Å². The first-order valence-electron chi connectivity index (χ1n) is 15.8. The number of benzene rings is 4. The van der Waals surface area contributed by atoms with Gasteiger partial charge in [0.25, 0.3) is 0 Å². The van der Waals surface area contributed by atoms with E-state index in [1.54, 1.807) is 0 Å². The van der Waals surface area contributed by atoms with Gasteiger partial charge < -0.3 is 0 Å². The molecule has 0 aliphatic heterocycles. The standard InChI is InChI=1S/C41H21F3N8/c1-22-2-4-23(5-3-22)34-35(24-6-12-29(42)13-7-24)50-39-33(28(20-47)21-48)41-40(32(38(39)49-34)27(18-45)19-46)51-36(25-8-14-30(43)15-9-25)37(52-41)26-10-16-31(44)17-11-26/h2-17,27,32H,1H3. The Hall–Kier alpha value is -7.47. The van der Waals surface area contributed by atoms with Crippen molar-refractivity contribution in [2.75, 3.05) is 0 Å². The average Bonchev–Trinajstić information content (AvgIpc) is 3.16. The fourth-order valence-electron chi connectivity index (χ4n) is 6.15. The Morgan fingerprint density at radius 1 is 0.500 bits per heavy atom. The molecule has 2 aromatic heterocycles. The highest BCUT2D eigenvalue weighted by Crippen LogP contribution is 2.48. The summed E-state index contributed by atoms with van der Waals surface area (Å²) in [4.78, 5) is 19.9. The second kappa shape index (κ2) is 13.4. The van der Waals surface area contributed by atoms with E-state index in [1.165, 1.54) is 72.8 Å². The van der Waals surface area contributed by atoms with E-state index in [9.17, 15) is 34.2 Å². The van der Waals surface area contributed by atoms with E-state index in [-0.39, 0.29) is 45.4 Å². The van der Waals surface area contributed by atoms with Crippen LogP contribution in [-0.2, 0) is 0 Å². The van der Waals surface area contributed by atoms with Gasteiger partial charge in [0.2, 0.25) is 0 Å². The molecule has 7 rings (SSSR count). The SMILES string of the molecule is Cc1ccc(-c2nc3c(nc2-c2ccc(F)cc2)C(=C(C#N)C#N)c2nc(-c4ccc(F)cc4)c(-c4ccc(F)cc4)nc2C3C(C#N)C#N)cc1. The summed E-state index contributed by atoms with van der Waals surface area (Å²) in [6, 6.07) is 31.7. The van der Waals surface area contributed by atoms with Crippen LogP contribution in [-0.4, -0.2) is 19.9 Å². The van der Waals surface area contributed by atoms with Gasteiger partial charge in [0.05, 0.1) is 69.2 Å². The largest absolute Gasteiger partial charge is 0.247 e. The van der Waals surface area contributed by atoms with E-state index in [0.717, 1.165) is 5.56 Å². The average molecular weight is 683 g/mol. The summed E-state index contributed by atoms with van der Waals surface area (Å²) >= 11 is 0. The normalized spacial score (nSPS) is 12.9. The molecule has 0 bridgehead atoms. The van der Waals surface area contributed by atoms with Crippen LogP contribution in [0.2, 0.25) is 0 Å². The van der Waals surface area contributed by atoms with Gasteiger partial charge in [-0.15, -0.1) is 0 Å². The molecular formula is C41H21F3N8. The van der Waals surface area contributed by atoms with Gasteiger partial charge in [0, 0.05) is 22.3 Å². The molecule has 1 aliphatic carbocycles. The van der Waals surface area contributed by atoms with Gasteiger partial charge in [0.1, 0.15) is 41.1 Å². The molecule has 4 aromatic carbocycles. The third-order valence-corrected chi connectivity index (χ3v) is 8.67. The first-order valence-corrected chi connectivity index (χ1v) is 15.8. The summed E-state index contributed by atoms with van der Waals surface area (Å²) < 4.78 is 42.3. The molecule has 1 aliphatic rings. The minimum absolute atomic E-state index is 0.00942. The molecule has 0 saturated heterocycles. The molecule has 0 N–H and O–H groups in total. The van der Waals surface area contributed by atoms with Crippen molar-refractivity contribution in [2.45, 2.75) is 12.8 Å². The third kappa shape index (κ3) is 5.79. The number of halogens is 3. The van der Waals surface area contributed by atoms with E-state index in [0.29, 0.717) is 27.9 Å². The smallest absolute Gasteiger partial charge is 0.147 e. The third-order valence-electron chi connectivity index (χ3n) is 8.67. The van der Waals surface area contributed by atoms with Crippen molar-refractivity contribution in [2.24, 2.45) is 5.92 Å². The summed E-state index contributed by atoms with van der Waals surface area (Å²) in [6.07, 6.45) is 0. The Bertz CT molecular complexity index is 2410. The summed E-state index contributed by atoms with van der Waals surface area (Å²) in [5.41, 5.74) is 3.56. The molecule has 2 heterocycles. The van der Waals surface area contributed by atoms with Crippen LogP contribution in [0.25, 0.3) is 50.6 Å². The lowest BCUT2D eigenvalue weighted by atomic mass is 9.77. The molecule has 6 aromatic rings. The highest BCUT2D eigenvalue weighted by atomic mass is 19.1. The highest BCUT2D eigenvalue weighted by molar-refractivity contribution is 5.92. The molecule has 1 atom stereocenters. The molecule has 0 radical (unpaired) electrons. The van der Waals surface area contributed by atoms with Gasteiger partial charge in [-0.25, -0.2) is 33.1 Å². The lowest BCUT2D eigenvalue weighted by molar-refractivity contribution is 0.627. The predicted molar refractivity (Wildman–Crippen MR) is 184 cm³/mol. The van der Waals surface area contributed by atoms with Crippen molar-refractivity contribution in [3.05, 3.63) is 148 Å². The maximum Gasteiger partial charge on any atom is 0.147 e. The Labute approximate surface area is 295 Å². The Kier molecular flexibility index (Phi) is 8.54. The lowest BCUT2D eigenvalue weighted by Crippen LogP contribution is -2.26. The number of nitriles is 4. The molecule has 52 heavy (non-hydrogen) atoms. The minimum atomic E-state index is -1.41. The summed E-state index contributed by atoms with van der Waals surface area (Å²) in [7, 11) is 0. The van der Waals surface area contributed by atoms with Crippen molar-refractivity contribution >= 4 is 5.57 Å². The van der Waals surface area contributed by atoms with Gasteiger partial charge >= 0.3 is 0 Å². The van der Waals surface area contributed by atoms with Gasteiger partial charge in [-0.2, -0.15) is 21.0 Å². The number of allylic oxidation sites excluding steroid dienone is 1. The molecule has 246 valence electrons. The zero-order valence-electron chi connectivity index (χ0n) is 27.1. The maximum absolute atomic E-state index is 14.1. The van der Waals surface area contributed by atoms with Crippen molar-refractivity contribution in [1.29, 1.82) is 21.0 Å². The monoisotopic (exact) mass is 682 g/mol. The van der Waals surface area contributed by atoms with Crippen LogP contribution in [0.4, 0.5) is 13.2 Å². The quantitative estimate of drug-likeness (QED) is 0.164. The van der Waals surface area contributed by atoms with E-state index >= 15 is 0 Å².